The quantitative estimate of drug-likeness (QED) is 0.779. The molecule has 0 saturated carbocycles. The van der Waals surface area contributed by atoms with Gasteiger partial charge in [0.2, 0.25) is 0 Å². The van der Waals surface area contributed by atoms with Crippen molar-refractivity contribution in [1.82, 2.24) is 0 Å². The minimum Gasteiger partial charge on any atom is -0.507 e. The SMILES string of the molecule is O/C(=C1/C=CC=C/C1=N\c1ccccc1)c1ccccc1. The van der Waals surface area contributed by atoms with Gasteiger partial charge in [-0.2, -0.15) is 0 Å². The third kappa shape index (κ3) is 3.00. The standard InChI is InChI=1S/C19H15NO/c21-19(15-9-3-1-4-10-15)17-13-7-8-14-18(17)20-16-11-5-2-6-12-16/h1-14,21H/b19-17-,20-18+. The van der Waals surface area contributed by atoms with Crippen LogP contribution in [-0.2, 0) is 0 Å². The summed E-state index contributed by atoms with van der Waals surface area (Å²) >= 11 is 0. The number of benzene rings is 2. The topological polar surface area (TPSA) is 32.6 Å². The van der Waals surface area contributed by atoms with Gasteiger partial charge in [-0.1, -0.05) is 60.7 Å². The fourth-order valence-corrected chi connectivity index (χ4v) is 2.16. The molecule has 0 aromatic heterocycles. The lowest BCUT2D eigenvalue weighted by Gasteiger charge is -2.10. The second-order valence-corrected chi connectivity index (χ2v) is 4.68. The summed E-state index contributed by atoms with van der Waals surface area (Å²) < 4.78 is 0. The van der Waals surface area contributed by atoms with Crippen LogP contribution >= 0.6 is 0 Å². The van der Waals surface area contributed by atoms with Crippen molar-refractivity contribution in [1.29, 1.82) is 0 Å². The van der Waals surface area contributed by atoms with Crippen molar-refractivity contribution in [3.8, 4) is 0 Å². The highest BCUT2D eigenvalue weighted by Gasteiger charge is 2.12. The lowest BCUT2D eigenvalue weighted by Crippen LogP contribution is -2.03. The Bertz CT molecular complexity index is 738. The Morgan fingerprint density at radius 2 is 1.38 bits per heavy atom. The Balaban J connectivity index is 2.06. The van der Waals surface area contributed by atoms with E-state index in [0.29, 0.717) is 0 Å². The number of aliphatic hydroxyl groups is 1. The molecule has 0 fully saturated rings. The summed E-state index contributed by atoms with van der Waals surface area (Å²) in [7, 11) is 0. The van der Waals surface area contributed by atoms with Gasteiger partial charge in [0.15, 0.2) is 0 Å². The lowest BCUT2D eigenvalue weighted by molar-refractivity contribution is 0.510. The van der Waals surface area contributed by atoms with Gasteiger partial charge in [0.25, 0.3) is 0 Å². The highest BCUT2D eigenvalue weighted by atomic mass is 16.3. The first-order valence-electron chi connectivity index (χ1n) is 6.82. The molecular weight excluding hydrogens is 258 g/mol. The van der Waals surface area contributed by atoms with Crippen molar-refractivity contribution in [3.63, 3.8) is 0 Å². The third-order valence-electron chi connectivity index (χ3n) is 3.21. The number of aliphatic hydroxyl groups excluding tert-OH is 1. The molecule has 2 heteroatoms. The van der Waals surface area contributed by atoms with E-state index in [9.17, 15) is 5.11 Å². The van der Waals surface area contributed by atoms with E-state index in [1.807, 2.05) is 85.0 Å². The molecule has 0 aliphatic heterocycles. The van der Waals surface area contributed by atoms with Crippen molar-refractivity contribution >= 4 is 17.2 Å². The summed E-state index contributed by atoms with van der Waals surface area (Å²) in [6.45, 7) is 0. The first-order valence-corrected chi connectivity index (χ1v) is 6.82. The van der Waals surface area contributed by atoms with Gasteiger partial charge >= 0.3 is 0 Å². The Morgan fingerprint density at radius 3 is 2.10 bits per heavy atom. The molecule has 0 radical (unpaired) electrons. The third-order valence-corrected chi connectivity index (χ3v) is 3.21. The van der Waals surface area contributed by atoms with E-state index in [0.717, 1.165) is 22.5 Å². The zero-order valence-corrected chi connectivity index (χ0v) is 11.5. The second-order valence-electron chi connectivity index (χ2n) is 4.68. The van der Waals surface area contributed by atoms with Crippen LogP contribution in [0.2, 0.25) is 0 Å². The van der Waals surface area contributed by atoms with Crippen LogP contribution in [0.15, 0.2) is 95.5 Å². The van der Waals surface area contributed by atoms with Crippen LogP contribution in [0.4, 0.5) is 5.69 Å². The molecule has 21 heavy (non-hydrogen) atoms. The highest BCUT2D eigenvalue weighted by molar-refractivity contribution is 6.16. The molecule has 102 valence electrons. The maximum atomic E-state index is 10.5. The number of nitrogens with zero attached hydrogens (tertiary/aromatic N) is 1. The van der Waals surface area contributed by atoms with Crippen LogP contribution in [-0.4, -0.2) is 10.8 Å². The molecule has 0 bridgehead atoms. The molecule has 0 unspecified atom stereocenters. The summed E-state index contributed by atoms with van der Waals surface area (Å²) in [5, 5.41) is 10.5. The number of hydrogen-bond donors (Lipinski definition) is 1. The monoisotopic (exact) mass is 273 g/mol. The maximum Gasteiger partial charge on any atom is 0.132 e. The molecule has 1 aliphatic carbocycles. The van der Waals surface area contributed by atoms with E-state index in [-0.39, 0.29) is 5.76 Å². The van der Waals surface area contributed by atoms with Crippen LogP contribution in [0.5, 0.6) is 0 Å². The average molecular weight is 273 g/mol. The molecule has 2 aromatic rings. The first kappa shape index (κ1) is 13.1. The second kappa shape index (κ2) is 6.06. The van der Waals surface area contributed by atoms with Gasteiger partial charge in [0.05, 0.1) is 11.4 Å². The summed E-state index contributed by atoms with van der Waals surface area (Å²) in [5.41, 5.74) is 3.14. The van der Waals surface area contributed by atoms with E-state index in [2.05, 4.69) is 4.99 Å². The van der Waals surface area contributed by atoms with Gasteiger partial charge in [0.1, 0.15) is 5.76 Å². The van der Waals surface area contributed by atoms with Crippen molar-refractivity contribution in [2.45, 2.75) is 0 Å². The Morgan fingerprint density at radius 1 is 0.762 bits per heavy atom. The van der Waals surface area contributed by atoms with Crippen molar-refractivity contribution < 1.29 is 5.11 Å². The first-order chi connectivity index (χ1) is 10.3. The van der Waals surface area contributed by atoms with E-state index >= 15 is 0 Å². The van der Waals surface area contributed by atoms with E-state index < -0.39 is 0 Å². The molecule has 1 aliphatic rings. The summed E-state index contributed by atoms with van der Waals surface area (Å²) in [6, 6.07) is 19.2. The van der Waals surface area contributed by atoms with Crippen LogP contribution in [0.3, 0.4) is 0 Å². The van der Waals surface area contributed by atoms with Crippen molar-refractivity contribution in [3.05, 3.63) is 96.1 Å². The molecule has 2 nitrogen and oxygen atoms in total. The fraction of sp³-hybridized carbons (Fsp3) is 0. The van der Waals surface area contributed by atoms with Crippen LogP contribution < -0.4 is 0 Å². The van der Waals surface area contributed by atoms with Gasteiger partial charge in [-0.3, -0.25) is 0 Å². The lowest BCUT2D eigenvalue weighted by atomic mass is 10.00. The number of allylic oxidation sites excluding steroid dienone is 5. The Labute approximate surface area is 124 Å². The summed E-state index contributed by atoms with van der Waals surface area (Å²) in [4.78, 5) is 4.61. The van der Waals surface area contributed by atoms with Gasteiger partial charge < -0.3 is 5.11 Å². The zero-order chi connectivity index (χ0) is 14.5. The summed E-state index contributed by atoms with van der Waals surface area (Å²) in [6.07, 6.45) is 7.60. The predicted molar refractivity (Wildman–Crippen MR) is 87.8 cm³/mol. The molecule has 1 N–H and O–H groups in total. The molecule has 0 saturated heterocycles. The van der Waals surface area contributed by atoms with E-state index in [4.69, 9.17) is 0 Å². The van der Waals surface area contributed by atoms with Crippen LogP contribution in [0.25, 0.3) is 5.76 Å². The van der Waals surface area contributed by atoms with E-state index in [1.165, 1.54) is 0 Å². The molecule has 2 aromatic carbocycles. The average Bonchev–Trinajstić information content (AvgIpc) is 2.56. The van der Waals surface area contributed by atoms with Gasteiger partial charge in [-0.05, 0) is 24.3 Å². The minimum absolute atomic E-state index is 0.242. The predicted octanol–water partition coefficient (Wildman–Crippen LogP) is 4.85. The molecule has 0 spiro atoms. The molecule has 3 rings (SSSR count). The van der Waals surface area contributed by atoms with Gasteiger partial charge in [0, 0.05) is 11.1 Å². The smallest absolute Gasteiger partial charge is 0.132 e. The van der Waals surface area contributed by atoms with Crippen LogP contribution in [0.1, 0.15) is 5.56 Å². The van der Waals surface area contributed by atoms with Crippen molar-refractivity contribution in [2.75, 3.05) is 0 Å². The molecule has 0 heterocycles. The zero-order valence-electron chi connectivity index (χ0n) is 11.5. The largest absolute Gasteiger partial charge is 0.507 e. The maximum absolute atomic E-state index is 10.5. The Hall–Kier alpha value is -2.87. The molecular formula is C19H15NO. The molecule has 0 amide bonds. The molecule has 0 atom stereocenters. The fourth-order valence-electron chi connectivity index (χ4n) is 2.16. The number of aliphatic imine (C=N–C) groups is 1. The van der Waals surface area contributed by atoms with Crippen LogP contribution in [0, 0.1) is 0 Å². The summed E-state index contributed by atoms with van der Waals surface area (Å²) in [5.74, 6) is 0.242. The number of hydrogen-bond acceptors (Lipinski definition) is 2. The Kier molecular flexibility index (Phi) is 3.79. The highest BCUT2D eigenvalue weighted by Crippen LogP contribution is 2.23. The normalized spacial score (nSPS) is 18.0. The minimum atomic E-state index is 0.242. The number of para-hydroxylation sites is 1. The van der Waals surface area contributed by atoms with Gasteiger partial charge in [-0.15, -0.1) is 0 Å². The van der Waals surface area contributed by atoms with Gasteiger partial charge in [-0.25, -0.2) is 4.99 Å². The number of rotatable bonds is 2. The van der Waals surface area contributed by atoms with Crippen molar-refractivity contribution in [2.24, 2.45) is 4.99 Å². The van der Waals surface area contributed by atoms with E-state index in [1.54, 1.807) is 0 Å².